The molecule has 0 spiro atoms. The van der Waals surface area contributed by atoms with E-state index in [-0.39, 0.29) is 12.0 Å². The smallest absolute Gasteiger partial charge is 0.313 e. The summed E-state index contributed by atoms with van der Waals surface area (Å²) in [5.41, 5.74) is 0.808. The van der Waals surface area contributed by atoms with Crippen LogP contribution in [0.1, 0.15) is 30.9 Å². The fourth-order valence-corrected chi connectivity index (χ4v) is 2.43. The lowest BCUT2D eigenvalue weighted by Gasteiger charge is -2.19. The van der Waals surface area contributed by atoms with Crippen LogP contribution in [0.15, 0.2) is 42.5 Å². The summed E-state index contributed by atoms with van der Waals surface area (Å²) in [6.45, 7) is 2.91. The van der Waals surface area contributed by atoms with E-state index in [0.29, 0.717) is 11.3 Å². The number of benzene rings is 2. The second kappa shape index (κ2) is 8.56. The lowest BCUT2D eigenvalue weighted by Crippen LogP contribution is -2.30. The van der Waals surface area contributed by atoms with Gasteiger partial charge in [-0.25, -0.2) is 8.78 Å². The number of rotatable bonds is 7. The van der Waals surface area contributed by atoms with Crippen molar-refractivity contribution in [1.29, 1.82) is 0 Å². The molecule has 2 unspecified atom stereocenters. The molecule has 0 heterocycles. The predicted octanol–water partition coefficient (Wildman–Crippen LogP) is 3.82. The quantitative estimate of drug-likeness (QED) is 0.703. The average Bonchev–Trinajstić information content (AvgIpc) is 2.62. The molecule has 4 nitrogen and oxygen atoms in total. The van der Waals surface area contributed by atoms with Crippen molar-refractivity contribution in [3.05, 3.63) is 65.2 Å². The Labute approximate surface area is 150 Å². The van der Waals surface area contributed by atoms with Gasteiger partial charge in [0.15, 0.2) is 11.9 Å². The summed E-state index contributed by atoms with van der Waals surface area (Å²) in [5, 5.41) is 0. The van der Waals surface area contributed by atoms with E-state index in [1.807, 2.05) is 0 Å². The first-order valence-corrected chi connectivity index (χ1v) is 8.10. The highest BCUT2D eigenvalue weighted by molar-refractivity contribution is 5.85. The van der Waals surface area contributed by atoms with Gasteiger partial charge < -0.3 is 9.47 Å². The van der Waals surface area contributed by atoms with E-state index >= 15 is 0 Å². The molecule has 26 heavy (non-hydrogen) atoms. The lowest BCUT2D eigenvalue weighted by atomic mass is 10.0. The van der Waals surface area contributed by atoms with E-state index in [0.717, 1.165) is 12.1 Å². The monoisotopic (exact) mass is 362 g/mol. The minimum Gasteiger partial charge on any atom is -0.497 e. The molecule has 0 aromatic heterocycles. The zero-order chi connectivity index (χ0) is 19.3. The molecule has 0 aliphatic heterocycles. The van der Waals surface area contributed by atoms with Gasteiger partial charge in [-0.1, -0.05) is 18.2 Å². The number of ketones is 1. The highest BCUT2D eigenvalue weighted by Crippen LogP contribution is 2.22. The second-order valence-electron chi connectivity index (χ2n) is 5.97. The molecular formula is C20H20F2O4. The highest BCUT2D eigenvalue weighted by atomic mass is 19.1. The number of hydrogen-bond donors (Lipinski definition) is 0. The van der Waals surface area contributed by atoms with E-state index in [4.69, 9.17) is 9.47 Å². The number of Topliss-reactive ketones (excluding diaryl/α,β-unsaturated/α-hetero) is 1. The first kappa shape index (κ1) is 19.6. The number of hydrogen-bond acceptors (Lipinski definition) is 4. The van der Waals surface area contributed by atoms with Crippen LogP contribution in [0.25, 0.3) is 0 Å². The summed E-state index contributed by atoms with van der Waals surface area (Å²) in [6, 6.07) is 9.96. The van der Waals surface area contributed by atoms with Crippen LogP contribution in [-0.2, 0) is 20.7 Å². The molecule has 2 rings (SSSR count). The van der Waals surface area contributed by atoms with Gasteiger partial charge >= 0.3 is 5.97 Å². The maximum absolute atomic E-state index is 13.8. The van der Waals surface area contributed by atoms with Crippen LogP contribution < -0.4 is 4.74 Å². The molecule has 138 valence electrons. The zero-order valence-corrected chi connectivity index (χ0v) is 14.8. The van der Waals surface area contributed by atoms with Crippen molar-refractivity contribution < 1.29 is 27.8 Å². The first-order chi connectivity index (χ1) is 12.3. The van der Waals surface area contributed by atoms with Crippen LogP contribution in [0.5, 0.6) is 5.75 Å². The van der Waals surface area contributed by atoms with E-state index in [9.17, 15) is 18.4 Å². The number of halogens is 2. The summed E-state index contributed by atoms with van der Waals surface area (Å²) in [5.74, 6) is -2.46. The molecule has 0 bridgehead atoms. The summed E-state index contributed by atoms with van der Waals surface area (Å²) < 4.78 is 37.2. The van der Waals surface area contributed by atoms with Gasteiger partial charge in [0, 0.05) is 12.5 Å². The average molecular weight is 362 g/mol. The number of carbonyl (C=O) groups is 2. The minimum absolute atomic E-state index is 0.108. The Morgan fingerprint density at radius 2 is 1.73 bits per heavy atom. The first-order valence-electron chi connectivity index (χ1n) is 8.10. The molecule has 6 heteroatoms. The topological polar surface area (TPSA) is 52.6 Å². The molecule has 0 amide bonds. The lowest BCUT2D eigenvalue weighted by molar-refractivity contribution is -0.155. The molecule has 0 N–H and O–H groups in total. The zero-order valence-electron chi connectivity index (χ0n) is 14.8. The predicted molar refractivity (Wildman–Crippen MR) is 92.0 cm³/mol. The van der Waals surface area contributed by atoms with Crippen LogP contribution in [0.2, 0.25) is 0 Å². The molecule has 0 aliphatic rings. The third-order valence-corrected chi connectivity index (χ3v) is 4.10. The highest BCUT2D eigenvalue weighted by Gasteiger charge is 2.25. The van der Waals surface area contributed by atoms with Gasteiger partial charge in [0.2, 0.25) is 0 Å². The Hall–Kier alpha value is -2.76. The Morgan fingerprint density at radius 3 is 2.27 bits per heavy atom. The van der Waals surface area contributed by atoms with Crippen LogP contribution in [0, 0.1) is 11.6 Å². The molecule has 2 aromatic rings. The van der Waals surface area contributed by atoms with Crippen LogP contribution in [-0.4, -0.2) is 25.0 Å². The molecule has 0 fully saturated rings. The van der Waals surface area contributed by atoms with Crippen molar-refractivity contribution in [3.63, 3.8) is 0 Å². The Bertz CT molecular complexity index is 787. The number of methoxy groups -OCH3 is 1. The van der Waals surface area contributed by atoms with Crippen molar-refractivity contribution in [2.45, 2.75) is 32.3 Å². The Morgan fingerprint density at radius 1 is 1.08 bits per heavy atom. The van der Waals surface area contributed by atoms with Gasteiger partial charge in [-0.2, -0.15) is 0 Å². The number of ether oxygens (including phenoxy) is 2. The summed E-state index contributed by atoms with van der Waals surface area (Å²) in [7, 11) is 1.54. The van der Waals surface area contributed by atoms with Crippen LogP contribution >= 0.6 is 0 Å². The van der Waals surface area contributed by atoms with Gasteiger partial charge in [-0.3, -0.25) is 9.59 Å². The van der Waals surface area contributed by atoms with Gasteiger partial charge in [0.25, 0.3) is 0 Å². The van der Waals surface area contributed by atoms with Crippen LogP contribution in [0.4, 0.5) is 8.78 Å². The molecule has 0 saturated carbocycles. The van der Waals surface area contributed by atoms with Gasteiger partial charge in [-0.15, -0.1) is 0 Å². The van der Waals surface area contributed by atoms with E-state index in [2.05, 4.69) is 0 Å². The molecule has 0 radical (unpaired) electrons. The van der Waals surface area contributed by atoms with Gasteiger partial charge in [-0.05, 0) is 43.2 Å². The molecule has 2 aromatic carbocycles. The summed E-state index contributed by atoms with van der Waals surface area (Å²) in [4.78, 5) is 24.2. The maximum Gasteiger partial charge on any atom is 0.313 e. The minimum atomic E-state index is -1.14. The number of carbonyl (C=O) groups excluding carboxylic acids is 2. The third-order valence-electron chi connectivity index (χ3n) is 4.10. The van der Waals surface area contributed by atoms with Crippen molar-refractivity contribution in [2.75, 3.05) is 7.11 Å². The largest absolute Gasteiger partial charge is 0.497 e. The van der Waals surface area contributed by atoms with E-state index < -0.39 is 35.4 Å². The van der Waals surface area contributed by atoms with E-state index in [1.165, 1.54) is 13.0 Å². The SMILES string of the molecule is COc1ccc(C(C)C(=O)OC(Cc2ccc(F)cc2F)C(C)=O)cc1. The molecule has 0 saturated heterocycles. The fourth-order valence-electron chi connectivity index (χ4n) is 2.43. The fraction of sp³-hybridized carbons (Fsp3) is 0.300. The summed E-state index contributed by atoms with van der Waals surface area (Å²) >= 11 is 0. The van der Waals surface area contributed by atoms with E-state index in [1.54, 1.807) is 38.3 Å². The normalized spacial score (nSPS) is 13.0. The number of esters is 1. The Kier molecular flexibility index (Phi) is 6.44. The maximum atomic E-state index is 13.8. The van der Waals surface area contributed by atoms with Crippen molar-refractivity contribution >= 4 is 11.8 Å². The molecule has 0 aliphatic carbocycles. The van der Waals surface area contributed by atoms with Gasteiger partial charge in [0.1, 0.15) is 17.4 Å². The van der Waals surface area contributed by atoms with Crippen LogP contribution in [0.3, 0.4) is 0 Å². The second-order valence-corrected chi connectivity index (χ2v) is 5.97. The molecular weight excluding hydrogens is 342 g/mol. The summed E-state index contributed by atoms with van der Waals surface area (Å²) in [6.07, 6.45) is -1.29. The van der Waals surface area contributed by atoms with Gasteiger partial charge in [0.05, 0.1) is 13.0 Å². The molecule has 2 atom stereocenters. The Balaban J connectivity index is 2.10. The standard InChI is InChI=1S/C20H20F2O4/c1-12(14-5-8-17(25-3)9-6-14)20(24)26-19(13(2)23)10-15-4-7-16(21)11-18(15)22/h4-9,11-12,19H,10H2,1-3H3. The third kappa shape index (κ3) is 4.88. The van der Waals surface area contributed by atoms with Crippen molar-refractivity contribution in [3.8, 4) is 5.75 Å². The van der Waals surface area contributed by atoms with Crippen molar-refractivity contribution in [2.24, 2.45) is 0 Å². The van der Waals surface area contributed by atoms with Crippen molar-refractivity contribution in [1.82, 2.24) is 0 Å².